The van der Waals surface area contributed by atoms with E-state index < -0.39 is 11.6 Å². The van der Waals surface area contributed by atoms with Crippen LogP contribution in [0.1, 0.15) is 87.0 Å². The second-order valence-corrected chi connectivity index (χ2v) is 11.7. The third-order valence-electron chi connectivity index (χ3n) is 8.30. The molecule has 4 aromatic rings. The summed E-state index contributed by atoms with van der Waals surface area (Å²) in [6.07, 6.45) is 7.03. The zero-order valence-electron chi connectivity index (χ0n) is 26.4. The molecule has 4 aromatic carbocycles. The van der Waals surface area contributed by atoms with E-state index in [9.17, 15) is 14.4 Å². The molecule has 4 rings (SSSR count). The number of hydrogen-bond acceptors (Lipinski definition) is 3. The molecule has 1 unspecified atom stereocenters. The van der Waals surface area contributed by atoms with Crippen molar-refractivity contribution in [2.45, 2.75) is 82.7 Å². The predicted octanol–water partition coefficient (Wildman–Crippen LogP) is 7.92. The molecule has 0 spiro atoms. The van der Waals surface area contributed by atoms with E-state index in [1.807, 2.05) is 121 Å². The number of rotatable bonds is 18. The van der Waals surface area contributed by atoms with Gasteiger partial charge in [-0.25, -0.2) is 0 Å². The Bertz CT molecular complexity index is 1360. The fraction of sp³-hybridized carbons (Fsp3) is 0.325. The molecular weight excluding hydrogens is 556 g/mol. The third-order valence-corrected chi connectivity index (χ3v) is 8.30. The largest absolute Gasteiger partial charge is 0.346 e. The summed E-state index contributed by atoms with van der Waals surface area (Å²) in [6.45, 7) is 2.16. The third kappa shape index (κ3) is 9.74. The fourth-order valence-corrected chi connectivity index (χ4v) is 5.91. The summed E-state index contributed by atoms with van der Waals surface area (Å²) in [6, 6.07) is 38.8. The van der Waals surface area contributed by atoms with Gasteiger partial charge in [-0.3, -0.25) is 14.4 Å². The Morgan fingerprint density at radius 3 is 1.58 bits per heavy atom. The molecule has 0 aliphatic carbocycles. The number of Topliss-reactive ketones (excluding diaryl/α,β-unsaturated/α-hetero) is 1. The smallest absolute Gasteiger partial charge is 0.223 e. The maximum absolute atomic E-state index is 14.1. The normalized spacial score (nSPS) is 11.8. The summed E-state index contributed by atoms with van der Waals surface area (Å²) in [7, 11) is 0. The number of ketones is 1. The van der Waals surface area contributed by atoms with Gasteiger partial charge in [0.1, 0.15) is 5.54 Å². The molecule has 5 heteroatoms. The highest BCUT2D eigenvalue weighted by molar-refractivity contribution is 5.93. The molecule has 1 atom stereocenters. The lowest BCUT2D eigenvalue weighted by Crippen LogP contribution is -2.51. The zero-order chi connectivity index (χ0) is 31.7. The minimum absolute atomic E-state index is 0.120. The van der Waals surface area contributed by atoms with Crippen molar-refractivity contribution in [2.24, 2.45) is 0 Å². The number of amides is 2. The first-order valence-electron chi connectivity index (χ1n) is 16.4. The van der Waals surface area contributed by atoms with E-state index in [-0.39, 0.29) is 30.4 Å². The van der Waals surface area contributed by atoms with Crippen molar-refractivity contribution < 1.29 is 14.4 Å². The van der Waals surface area contributed by atoms with Crippen LogP contribution in [-0.2, 0) is 26.3 Å². The van der Waals surface area contributed by atoms with Crippen molar-refractivity contribution in [3.8, 4) is 0 Å². The second kappa shape index (κ2) is 17.7. The monoisotopic (exact) mass is 602 g/mol. The van der Waals surface area contributed by atoms with Gasteiger partial charge in [0.15, 0.2) is 5.78 Å². The molecule has 0 radical (unpaired) electrons. The first-order chi connectivity index (χ1) is 22.0. The van der Waals surface area contributed by atoms with Crippen molar-refractivity contribution in [1.82, 2.24) is 10.6 Å². The lowest BCUT2D eigenvalue weighted by atomic mass is 9.77. The SMILES string of the molecule is CCCCCCCC(=O)NC(CC(=O)NC(c1ccccc1)(c1ccccc1)c1ccccc1)C(=O)CCCc1ccccc1. The van der Waals surface area contributed by atoms with Crippen molar-refractivity contribution in [3.63, 3.8) is 0 Å². The van der Waals surface area contributed by atoms with E-state index in [0.717, 1.165) is 60.8 Å². The highest BCUT2D eigenvalue weighted by Gasteiger charge is 2.38. The van der Waals surface area contributed by atoms with E-state index >= 15 is 0 Å². The molecule has 45 heavy (non-hydrogen) atoms. The molecule has 0 aliphatic heterocycles. The van der Waals surface area contributed by atoms with Gasteiger partial charge in [-0.2, -0.15) is 0 Å². The van der Waals surface area contributed by atoms with Crippen LogP contribution < -0.4 is 10.6 Å². The van der Waals surface area contributed by atoms with Crippen LogP contribution in [0.3, 0.4) is 0 Å². The molecule has 234 valence electrons. The Morgan fingerprint density at radius 1 is 0.578 bits per heavy atom. The first kappa shape index (κ1) is 33.4. The minimum atomic E-state index is -0.995. The van der Waals surface area contributed by atoms with E-state index in [0.29, 0.717) is 12.8 Å². The van der Waals surface area contributed by atoms with Crippen LogP contribution in [0, 0.1) is 0 Å². The first-order valence-corrected chi connectivity index (χ1v) is 16.4. The summed E-state index contributed by atoms with van der Waals surface area (Å²) in [5.74, 6) is -0.609. The number of nitrogens with one attached hydrogen (secondary N) is 2. The Hall–Kier alpha value is -4.51. The number of benzene rings is 4. The van der Waals surface area contributed by atoms with Crippen LogP contribution in [0.15, 0.2) is 121 Å². The molecule has 0 saturated heterocycles. The van der Waals surface area contributed by atoms with Gasteiger partial charge in [0, 0.05) is 12.8 Å². The average molecular weight is 603 g/mol. The Balaban J connectivity index is 1.57. The highest BCUT2D eigenvalue weighted by atomic mass is 16.2. The minimum Gasteiger partial charge on any atom is -0.346 e. The molecule has 2 amide bonds. The van der Waals surface area contributed by atoms with Crippen molar-refractivity contribution in [1.29, 1.82) is 0 Å². The number of carbonyl (C=O) groups excluding carboxylic acids is 3. The highest BCUT2D eigenvalue weighted by Crippen LogP contribution is 2.37. The summed E-state index contributed by atoms with van der Waals surface area (Å²) >= 11 is 0. The predicted molar refractivity (Wildman–Crippen MR) is 182 cm³/mol. The maximum Gasteiger partial charge on any atom is 0.223 e. The molecule has 5 nitrogen and oxygen atoms in total. The number of unbranched alkanes of at least 4 members (excludes halogenated alkanes) is 4. The zero-order valence-corrected chi connectivity index (χ0v) is 26.4. The van der Waals surface area contributed by atoms with Gasteiger partial charge >= 0.3 is 0 Å². The van der Waals surface area contributed by atoms with Crippen molar-refractivity contribution in [2.75, 3.05) is 0 Å². The van der Waals surface area contributed by atoms with Crippen LogP contribution in [0.5, 0.6) is 0 Å². The van der Waals surface area contributed by atoms with Gasteiger partial charge in [-0.05, 0) is 41.5 Å². The van der Waals surface area contributed by atoms with Gasteiger partial charge in [-0.15, -0.1) is 0 Å². The van der Waals surface area contributed by atoms with Gasteiger partial charge in [0.05, 0.1) is 12.5 Å². The lowest BCUT2D eigenvalue weighted by molar-refractivity contribution is -0.131. The van der Waals surface area contributed by atoms with Crippen LogP contribution in [-0.4, -0.2) is 23.6 Å². The summed E-state index contributed by atoms with van der Waals surface area (Å²) in [5.41, 5.74) is 2.87. The molecule has 0 heterocycles. The van der Waals surface area contributed by atoms with Crippen molar-refractivity contribution >= 4 is 17.6 Å². The van der Waals surface area contributed by atoms with Gasteiger partial charge < -0.3 is 10.6 Å². The Morgan fingerprint density at radius 2 is 1.07 bits per heavy atom. The van der Waals surface area contributed by atoms with Gasteiger partial charge in [-0.1, -0.05) is 154 Å². The van der Waals surface area contributed by atoms with E-state index in [1.165, 1.54) is 0 Å². The summed E-state index contributed by atoms with van der Waals surface area (Å²) < 4.78 is 0. The van der Waals surface area contributed by atoms with Gasteiger partial charge in [0.2, 0.25) is 11.8 Å². The Labute approximate surface area is 268 Å². The molecule has 0 bridgehead atoms. The number of hydrogen-bond donors (Lipinski definition) is 2. The van der Waals surface area contributed by atoms with E-state index in [2.05, 4.69) is 17.6 Å². The topological polar surface area (TPSA) is 75.3 Å². The molecule has 0 saturated carbocycles. The van der Waals surface area contributed by atoms with E-state index in [4.69, 9.17) is 0 Å². The van der Waals surface area contributed by atoms with Crippen LogP contribution in [0.25, 0.3) is 0 Å². The standard InChI is InChI=1S/C40H46N2O3/c1-2-3-4-5-18-30-38(44)41-36(37(43)29-19-22-32-20-10-6-11-21-32)31-39(45)42-40(33-23-12-7-13-24-33,34-25-14-8-15-26-34)35-27-16-9-17-28-35/h6-17,20-21,23-28,36H,2-5,18-19,22,29-31H2,1H3,(H,41,44)(H,42,45). The Kier molecular flexibility index (Phi) is 13.1. The average Bonchev–Trinajstić information content (AvgIpc) is 3.08. The molecule has 2 N–H and O–H groups in total. The molecular formula is C40H46N2O3. The lowest BCUT2D eigenvalue weighted by Gasteiger charge is -2.37. The van der Waals surface area contributed by atoms with Crippen LogP contribution in [0.2, 0.25) is 0 Å². The fourth-order valence-electron chi connectivity index (χ4n) is 5.91. The number of aryl methyl sites for hydroxylation is 1. The van der Waals surface area contributed by atoms with Crippen molar-refractivity contribution in [3.05, 3.63) is 144 Å². The maximum atomic E-state index is 14.1. The van der Waals surface area contributed by atoms with E-state index in [1.54, 1.807) is 0 Å². The van der Waals surface area contributed by atoms with Gasteiger partial charge in [0.25, 0.3) is 0 Å². The molecule has 0 fully saturated rings. The quantitative estimate of drug-likeness (QED) is 0.0897. The summed E-state index contributed by atoms with van der Waals surface area (Å²) in [4.78, 5) is 40.7. The van der Waals surface area contributed by atoms with Crippen LogP contribution in [0.4, 0.5) is 0 Å². The molecule has 0 aliphatic rings. The summed E-state index contributed by atoms with van der Waals surface area (Å²) in [5, 5.41) is 6.29. The number of carbonyl (C=O) groups is 3. The van der Waals surface area contributed by atoms with Crippen LogP contribution >= 0.6 is 0 Å². The molecule has 0 aromatic heterocycles. The second-order valence-electron chi connectivity index (χ2n) is 11.7.